The van der Waals surface area contributed by atoms with Crippen molar-refractivity contribution in [2.45, 2.75) is 0 Å². The number of hydrogen-bond acceptors (Lipinski definition) is 3. The van der Waals surface area contributed by atoms with E-state index in [0.29, 0.717) is 0 Å². The molecule has 0 atom stereocenters. The van der Waals surface area contributed by atoms with Gasteiger partial charge in [0.05, 0.1) is 10.5 Å². The summed E-state index contributed by atoms with van der Waals surface area (Å²) in [5.41, 5.74) is -0.292. The van der Waals surface area contributed by atoms with Crippen LogP contribution in [-0.2, 0) is 0 Å². The van der Waals surface area contributed by atoms with Crippen molar-refractivity contribution in [2.75, 3.05) is 0 Å². The zero-order chi connectivity index (χ0) is 9.14. The Labute approximate surface area is 101 Å². The zero-order valence-electron chi connectivity index (χ0n) is 7.43. The minimum Gasteiger partial charge on any atom is -0.478 e. The number of nitro benzene ring substituents is 1. The topological polar surface area (TPSA) is 112 Å². The van der Waals surface area contributed by atoms with Crippen LogP contribution in [0.2, 0.25) is 0 Å². The van der Waals surface area contributed by atoms with Gasteiger partial charge in [-0.05, 0) is 6.07 Å². The van der Waals surface area contributed by atoms with Gasteiger partial charge >= 0.3 is 5.97 Å². The number of non-ortho nitro benzene ring substituents is 1. The van der Waals surface area contributed by atoms with E-state index in [4.69, 9.17) is 5.11 Å². The van der Waals surface area contributed by atoms with Crippen molar-refractivity contribution in [3.8, 4) is 0 Å². The van der Waals surface area contributed by atoms with Crippen molar-refractivity contribution < 1.29 is 20.3 Å². The summed E-state index contributed by atoms with van der Waals surface area (Å²) in [6.07, 6.45) is 0. The molecule has 3 N–H and O–H groups in total. The summed E-state index contributed by atoms with van der Waals surface area (Å²) in [5, 5.41) is 18.7. The molecule has 6 nitrogen and oxygen atoms in total. The van der Waals surface area contributed by atoms with Crippen LogP contribution in [0.25, 0.3) is 0 Å². The van der Waals surface area contributed by atoms with Crippen LogP contribution >= 0.6 is 0 Å². The molecule has 0 unspecified atom stereocenters. The quantitative estimate of drug-likeness (QED) is 0.421. The van der Waals surface area contributed by atoms with Crippen molar-refractivity contribution in [2.24, 2.45) is 0 Å². The second kappa shape index (κ2) is 6.50. The van der Waals surface area contributed by atoms with E-state index >= 15 is 0 Å². The Morgan fingerprint density at radius 2 is 2.00 bits per heavy atom. The van der Waals surface area contributed by atoms with Gasteiger partial charge in [0.1, 0.15) is 0 Å². The molecule has 1 rings (SSSR count). The molecule has 0 aliphatic carbocycles. The van der Waals surface area contributed by atoms with Gasteiger partial charge in [0.2, 0.25) is 0 Å². The van der Waals surface area contributed by atoms with Gasteiger partial charge in [-0.1, -0.05) is 6.07 Å². The molecular formula is C7H7NNaO5. The van der Waals surface area contributed by atoms with Crippen molar-refractivity contribution in [3.05, 3.63) is 39.9 Å². The molecule has 1 aromatic carbocycles. The molecule has 0 saturated carbocycles. The molecule has 1 aromatic rings. The summed E-state index contributed by atoms with van der Waals surface area (Å²) in [6, 6.07) is 4.89. The van der Waals surface area contributed by atoms with Crippen LogP contribution in [0.1, 0.15) is 10.4 Å². The number of rotatable bonds is 2. The summed E-state index contributed by atoms with van der Waals surface area (Å²) in [6.45, 7) is 0. The molecule has 1 radical (unpaired) electrons. The summed E-state index contributed by atoms with van der Waals surface area (Å²) in [5.74, 6) is -1.17. The van der Waals surface area contributed by atoms with Crippen LogP contribution in [0.4, 0.5) is 5.69 Å². The van der Waals surface area contributed by atoms with Gasteiger partial charge in [0.25, 0.3) is 5.69 Å². The van der Waals surface area contributed by atoms with Crippen molar-refractivity contribution in [1.29, 1.82) is 0 Å². The fourth-order valence-electron chi connectivity index (χ4n) is 0.753. The molecule has 0 saturated heterocycles. The summed E-state index contributed by atoms with van der Waals surface area (Å²) < 4.78 is 0. The number of nitrogens with zero attached hydrogens (tertiary/aromatic N) is 1. The van der Waals surface area contributed by atoms with E-state index in [-0.39, 0.29) is 46.3 Å². The average Bonchev–Trinajstić information content (AvgIpc) is 2.04. The van der Waals surface area contributed by atoms with E-state index in [1.807, 2.05) is 0 Å². The molecule has 0 amide bonds. The first-order valence-electron chi connectivity index (χ1n) is 3.09. The maximum atomic E-state index is 10.4. The third kappa shape index (κ3) is 3.84. The molecular weight excluding hydrogens is 201 g/mol. The van der Waals surface area contributed by atoms with E-state index < -0.39 is 10.9 Å². The monoisotopic (exact) mass is 208 g/mol. The average molecular weight is 208 g/mol. The SMILES string of the molecule is O.O=C(O)c1cccc([N+](=O)[O-])c1.[Na]. The Balaban J connectivity index is 0. The zero-order valence-corrected chi connectivity index (χ0v) is 9.43. The first-order valence-corrected chi connectivity index (χ1v) is 3.09. The van der Waals surface area contributed by atoms with Crippen LogP contribution in [0.15, 0.2) is 24.3 Å². The normalized spacial score (nSPS) is 8.00. The predicted octanol–water partition coefficient (Wildman–Crippen LogP) is 0.0875. The summed E-state index contributed by atoms with van der Waals surface area (Å²) in [4.78, 5) is 19.9. The Bertz CT molecular complexity index is 311. The minimum atomic E-state index is -1.17. The van der Waals surface area contributed by atoms with Gasteiger partial charge in [0, 0.05) is 41.7 Å². The van der Waals surface area contributed by atoms with Gasteiger partial charge < -0.3 is 10.6 Å². The largest absolute Gasteiger partial charge is 0.478 e. The molecule has 0 fully saturated rings. The van der Waals surface area contributed by atoms with Crippen molar-refractivity contribution in [3.63, 3.8) is 0 Å². The number of hydrogen-bond donors (Lipinski definition) is 1. The number of carboxylic acid groups (broad SMARTS) is 1. The number of nitro groups is 1. The first-order chi connectivity index (χ1) is 5.61. The number of aromatic carboxylic acids is 1. The maximum absolute atomic E-state index is 10.4. The molecule has 0 aliphatic rings. The fourth-order valence-corrected chi connectivity index (χ4v) is 0.753. The number of carbonyl (C=O) groups is 1. The molecule has 0 aliphatic heterocycles. The number of carboxylic acids is 1. The summed E-state index contributed by atoms with van der Waals surface area (Å²) in [7, 11) is 0. The standard InChI is InChI=1S/C7H5NO4.Na.H2O/c9-7(10)5-2-1-3-6(4-5)8(11)12;;/h1-4H,(H,9,10);;1H2. The number of benzene rings is 1. The van der Waals surface area contributed by atoms with Gasteiger partial charge in [-0.2, -0.15) is 0 Å². The second-order valence-corrected chi connectivity index (χ2v) is 2.11. The predicted molar refractivity (Wildman–Crippen MR) is 49.4 cm³/mol. The van der Waals surface area contributed by atoms with Crippen LogP contribution in [0.3, 0.4) is 0 Å². The van der Waals surface area contributed by atoms with Crippen molar-refractivity contribution in [1.82, 2.24) is 0 Å². The van der Waals surface area contributed by atoms with Gasteiger partial charge in [-0.25, -0.2) is 4.79 Å². The molecule has 0 heterocycles. The molecule has 71 valence electrons. The summed E-state index contributed by atoms with van der Waals surface area (Å²) >= 11 is 0. The van der Waals surface area contributed by atoms with Gasteiger partial charge in [-0.15, -0.1) is 0 Å². The molecule has 7 heteroatoms. The van der Waals surface area contributed by atoms with E-state index in [2.05, 4.69) is 0 Å². The van der Waals surface area contributed by atoms with E-state index in [1.165, 1.54) is 18.2 Å². The van der Waals surface area contributed by atoms with Crippen LogP contribution in [-0.4, -0.2) is 51.0 Å². The van der Waals surface area contributed by atoms with Crippen LogP contribution in [0.5, 0.6) is 0 Å². The van der Waals surface area contributed by atoms with E-state index in [9.17, 15) is 14.9 Å². The molecule has 0 bridgehead atoms. The fraction of sp³-hybridized carbons (Fsp3) is 0. The third-order valence-corrected chi connectivity index (χ3v) is 1.30. The third-order valence-electron chi connectivity index (χ3n) is 1.30. The van der Waals surface area contributed by atoms with Crippen LogP contribution in [0, 0.1) is 10.1 Å². The van der Waals surface area contributed by atoms with Gasteiger partial charge in [-0.3, -0.25) is 10.1 Å². The Kier molecular flexibility index (Phi) is 7.20. The second-order valence-electron chi connectivity index (χ2n) is 2.11. The molecule has 0 aromatic heterocycles. The Morgan fingerprint density at radius 1 is 1.43 bits per heavy atom. The Morgan fingerprint density at radius 3 is 2.43 bits per heavy atom. The Hall–Kier alpha value is -0.950. The maximum Gasteiger partial charge on any atom is 0.335 e. The van der Waals surface area contributed by atoms with Crippen molar-refractivity contribution >= 4 is 41.2 Å². The molecule has 14 heavy (non-hydrogen) atoms. The van der Waals surface area contributed by atoms with E-state index in [1.54, 1.807) is 0 Å². The smallest absolute Gasteiger partial charge is 0.335 e. The minimum absolute atomic E-state index is 0. The van der Waals surface area contributed by atoms with Crippen LogP contribution < -0.4 is 0 Å². The first kappa shape index (κ1) is 15.5. The van der Waals surface area contributed by atoms with E-state index in [0.717, 1.165) is 6.07 Å². The molecule has 0 spiro atoms. The van der Waals surface area contributed by atoms with Gasteiger partial charge in [0.15, 0.2) is 0 Å².